The molecule has 1 saturated heterocycles. The van der Waals surface area contributed by atoms with Gasteiger partial charge < -0.3 is 19.5 Å². The minimum absolute atomic E-state index is 0.0477. The molecular formula is C22H35N5O5. The van der Waals surface area contributed by atoms with Crippen LogP contribution in [-0.4, -0.2) is 68.8 Å². The summed E-state index contributed by atoms with van der Waals surface area (Å²) in [7, 11) is 1.45. The number of aromatic amines is 1. The Hall–Kier alpha value is -2.62. The number of carbonyl (C=O) groups excluding carboxylic acids is 1. The SMILES string of the molecule is CCCCOc1nc(O)c2[nH]c(=O)n(CCCCCCN3CCC(C(=O)OC)CC3)c2n1. The number of nitrogens with zero attached hydrogens (tertiary/aromatic N) is 4. The predicted molar refractivity (Wildman–Crippen MR) is 120 cm³/mol. The molecule has 1 aliphatic heterocycles. The van der Waals surface area contributed by atoms with Gasteiger partial charge in [-0.05, 0) is 51.7 Å². The smallest absolute Gasteiger partial charge is 0.327 e. The normalized spacial score (nSPS) is 15.3. The van der Waals surface area contributed by atoms with Gasteiger partial charge in [-0.25, -0.2) is 4.79 Å². The number of esters is 1. The average Bonchev–Trinajstić information content (AvgIpc) is 3.12. The molecule has 2 aromatic heterocycles. The molecule has 0 unspecified atom stereocenters. The zero-order valence-corrected chi connectivity index (χ0v) is 19.1. The van der Waals surface area contributed by atoms with Crippen LogP contribution in [0, 0.1) is 5.92 Å². The highest BCUT2D eigenvalue weighted by Gasteiger charge is 2.25. The van der Waals surface area contributed by atoms with Gasteiger partial charge in [-0.1, -0.05) is 26.2 Å². The molecule has 3 heterocycles. The highest BCUT2D eigenvalue weighted by molar-refractivity contribution is 5.76. The van der Waals surface area contributed by atoms with Gasteiger partial charge in [0.05, 0.1) is 19.6 Å². The van der Waals surface area contributed by atoms with Crippen LogP contribution in [0.15, 0.2) is 4.79 Å². The van der Waals surface area contributed by atoms with E-state index in [0.29, 0.717) is 18.8 Å². The first-order valence-electron chi connectivity index (χ1n) is 11.7. The summed E-state index contributed by atoms with van der Waals surface area (Å²) in [6.07, 6.45) is 7.58. The molecule has 0 radical (unpaired) electrons. The maximum absolute atomic E-state index is 12.3. The van der Waals surface area contributed by atoms with Crippen LogP contribution in [0.4, 0.5) is 0 Å². The van der Waals surface area contributed by atoms with Gasteiger partial charge in [0.2, 0.25) is 5.88 Å². The Balaban J connectivity index is 1.43. The fourth-order valence-electron chi connectivity index (χ4n) is 4.09. The minimum atomic E-state index is -0.302. The van der Waals surface area contributed by atoms with E-state index in [1.807, 2.05) is 0 Å². The zero-order valence-electron chi connectivity index (χ0n) is 19.1. The van der Waals surface area contributed by atoms with Crippen LogP contribution in [0.2, 0.25) is 0 Å². The van der Waals surface area contributed by atoms with Crippen LogP contribution < -0.4 is 10.4 Å². The fraction of sp³-hybridized carbons (Fsp3) is 0.727. The Morgan fingerprint density at radius 1 is 1.12 bits per heavy atom. The van der Waals surface area contributed by atoms with Gasteiger partial charge in [-0.2, -0.15) is 9.97 Å². The summed E-state index contributed by atoms with van der Waals surface area (Å²) in [4.78, 5) is 37.2. The fourth-order valence-corrected chi connectivity index (χ4v) is 4.09. The van der Waals surface area contributed by atoms with Crippen molar-refractivity contribution in [2.24, 2.45) is 5.92 Å². The summed E-state index contributed by atoms with van der Waals surface area (Å²) in [5.74, 6) is -0.310. The molecule has 0 aliphatic carbocycles. The second-order valence-corrected chi connectivity index (χ2v) is 8.37. The minimum Gasteiger partial charge on any atom is -0.492 e. The molecule has 178 valence electrons. The Labute approximate surface area is 187 Å². The lowest BCUT2D eigenvalue weighted by atomic mass is 9.97. The van der Waals surface area contributed by atoms with Crippen LogP contribution in [0.25, 0.3) is 11.2 Å². The third-order valence-corrected chi connectivity index (χ3v) is 6.04. The van der Waals surface area contributed by atoms with Gasteiger partial charge >= 0.3 is 17.7 Å². The molecule has 32 heavy (non-hydrogen) atoms. The van der Waals surface area contributed by atoms with Crippen molar-refractivity contribution in [3.63, 3.8) is 0 Å². The first-order valence-corrected chi connectivity index (χ1v) is 11.7. The highest BCUT2D eigenvalue weighted by atomic mass is 16.5. The second kappa shape index (κ2) is 11.8. The van der Waals surface area contributed by atoms with Gasteiger partial charge in [-0.3, -0.25) is 14.3 Å². The topological polar surface area (TPSA) is 123 Å². The summed E-state index contributed by atoms with van der Waals surface area (Å²) in [5.41, 5.74) is 0.319. The van der Waals surface area contributed by atoms with Crippen LogP contribution >= 0.6 is 0 Å². The van der Waals surface area contributed by atoms with E-state index in [9.17, 15) is 14.7 Å². The number of fused-ring (bicyclic) bond motifs is 1. The number of piperidine rings is 1. The molecule has 10 heteroatoms. The number of hydrogen-bond acceptors (Lipinski definition) is 8. The molecule has 2 aromatic rings. The van der Waals surface area contributed by atoms with Crippen LogP contribution in [0.5, 0.6) is 11.9 Å². The quantitative estimate of drug-likeness (QED) is 0.374. The molecule has 0 saturated carbocycles. The predicted octanol–water partition coefficient (Wildman–Crippen LogP) is 2.45. The van der Waals surface area contributed by atoms with E-state index in [1.165, 1.54) is 7.11 Å². The first-order chi connectivity index (χ1) is 15.5. The number of unbranched alkanes of at least 4 members (excludes halogenated alkanes) is 4. The number of aryl methyl sites for hydroxylation is 1. The second-order valence-electron chi connectivity index (χ2n) is 8.37. The molecule has 0 spiro atoms. The van der Waals surface area contributed by atoms with Crippen molar-refractivity contribution >= 4 is 17.1 Å². The summed E-state index contributed by atoms with van der Waals surface area (Å²) in [6, 6.07) is 0.0900. The molecule has 0 atom stereocenters. The van der Waals surface area contributed by atoms with Crippen molar-refractivity contribution in [2.45, 2.75) is 64.8 Å². The number of hydrogen-bond donors (Lipinski definition) is 2. The maximum Gasteiger partial charge on any atom is 0.327 e. The average molecular weight is 450 g/mol. The third-order valence-electron chi connectivity index (χ3n) is 6.04. The lowest BCUT2D eigenvalue weighted by Crippen LogP contribution is -2.37. The lowest BCUT2D eigenvalue weighted by molar-refractivity contribution is -0.147. The van der Waals surface area contributed by atoms with E-state index in [-0.39, 0.29) is 35.0 Å². The third kappa shape index (κ3) is 6.21. The Bertz CT molecular complexity index is 933. The van der Waals surface area contributed by atoms with E-state index >= 15 is 0 Å². The number of rotatable bonds is 12. The van der Waals surface area contributed by atoms with Gasteiger partial charge in [-0.15, -0.1) is 0 Å². The molecule has 1 fully saturated rings. The van der Waals surface area contributed by atoms with Crippen molar-refractivity contribution in [3.8, 4) is 11.9 Å². The maximum atomic E-state index is 12.3. The van der Waals surface area contributed by atoms with E-state index in [4.69, 9.17) is 9.47 Å². The molecule has 1 aliphatic rings. The van der Waals surface area contributed by atoms with Gasteiger partial charge in [0.15, 0.2) is 5.65 Å². The molecule has 0 bridgehead atoms. The van der Waals surface area contributed by atoms with Gasteiger partial charge in [0.1, 0.15) is 5.52 Å². The molecular weight excluding hydrogens is 414 g/mol. The standard InChI is InChI=1S/C22H35N5O5/c1-3-4-15-32-21-24-18-17(19(28)25-21)23-22(30)27(18)12-8-6-5-7-11-26-13-9-16(10-14-26)20(29)31-2/h16H,3-15H2,1-2H3,(H,23,30)(H,24,25,28). The number of imidazole rings is 1. The number of aromatic nitrogens is 4. The molecule has 2 N–H and O–H groups in total. The Morgan fingerprint density at radius 3 is 2.53 bits per heavy atom. The number of carbonyl (C=O) groups is 1. The largest absolute Gasteiger partial charge is 0.492 e. The molecule has 0 aromatic carbocycles. The first kappa shape index (κ1) is 24.0. The van der Waals surface area contributed by atoms with E-state index in [0.717, 1.165) is 71.0 Å². The molecule has 10 nitrogen and oxygen atoms in total. The Kier molecular flexibility index (Phi) is 8.90. The monoisotopic (exact) mass is 449 g/mol. The number of methoxy groups -OCH3 is 1. The number of ether oxygens (including phenoxy) is 2. The van der Waals surface area contributed by atoms with Crippen molar-refractivity contribution in [3.05, 3.63) is 10.5 Å². The summed E-state index contributed by atoms with van der Waals surface area (Å²) < 4.78 is 11.9. The number of likely N-dealkylation sites (tertiary alicyclic amines) is 1. The van der Waals surface area contributed by atoms with Crippen molar-refractivity contribution in [1.82, 2.24) is 24.4 Å². The summed E-state index contributed by atoms with van der Waals surface area (Å²) in [5, 5.41) is 10.1. The van der Waals surface area contributed by atoms with Crippen molar-refractivity contribution in [1.29, 1.82) is 0 Å². The Morgan fingerprint density at radius 2 is 1.84 bits per heavy atom. The molecule has 0 amide bonds. The number of nitrogens with one attached hydrogen (secondary N) is 1. The van der Waals surface area contributed by atoms with E-state index in [1.54, 1.807) is 4.57 Å². The van der Waals surface area contributed by atoms with Gasteiger partial charge in [0.25, 0.3) is 0 Å². The van der Waals surface area contributed by atoms with Crippen LogP contribution in [0.3, 0.4) is 0 Å². The van der Waals surface area contributed by atoms with E-state index < -0.39 is 0 Å². The van der Waals surface area contributed by atoms with Crippen LogP contribution in [0.1, 0.15) is 58.3 Å². The molecule has 3 rings (SSSR count). The number of aromatic hydroxyl groups is 1. The lowest BCUT2D eigenvalue weighted by Gasteiger charge is -2.30. The van der Waals surface area contributed by atoms with Crippen molar-refractivity contribution < 1.29 is 19.4 Å². The number of H-pyrrole nitrogens is 1. The van der Waals surface area contributed by atoms with Gasteiger partial charge in [0, 0.05) is 6.54 Å². The highest BCUT2D eigenvalue weighted by Crippen LogP contribution is 2.22. The summed E-state index contributed by atoms with van der Waals surface area (Å²) >= 11 is 0. The summed E-state index contributed by atoms with van der Waals surface area (Å²) in [6.45, 7) is 5.96. The van der Waals surface area contributed by atoms with Crippen LogP contribution in [-0.2, 0) is 16.1 Å². The van der Waals surface area contributed by atoms with E-state index in [2.05, 4.69) is 26.8 Å². The van der Waals surface area contributed by atoms with Crippen molar-refractivity contribution in [2.75, 3.05) is 33.4 Å². The zero-order chi connectivity index (χ0) is 22.9.